The van der Waals surface area contributed by atoms with Crippen LogP contribution in [0.4, 0.5) is 0 Å². The van der Waals surface area contributed by atoms with Crippen LogP contribution in [0.25, 0.3) is 0 Å². The first-order chi connectivity index (χ1) is 12.0. The van der Waals surface area contributed by atoms with Gasteiger partial charge in [0.15, 0.2) is 0 Å². The van der Waals surface area contributed by atoms with Crippen LogP contribution >= 0.6 is 0 Å². The first-order valence-corrected chi connectivity index (χ1v) is 8.93. The molecule has 2 aromatic rings. The Kier molecular flexibility index (Phi) is 5.56. The zero-order valence-electron chi connectivity index (χ0n) is 15.4. The summed E-state index contributed by atoms with van der Waals surface area (Å²) in [5, 5.41) is 3.14. The number of aryl methyl sites for hydroxylation is 2. The van der Waals surface area contributed by atoms with Crippen LogP contribution in [-0.2, 0) is 7.05 Å². The maximum absolute atomic E-state index is 12.5. The number of rotatable bonds is 5. The van der Waals surface area contributed by atoms with Gasteiger partial charge < -0.3 is 14.8 Å². The topological polar surface area (TPSA) is 40.5 Å². The molecular weight excluding hydrogens is 312 g/mol. The lowest BCUT2D eigenvalue weighted by Gasteiger charge is -2.38. The molecule has 1 N–H and O–H groups in total. The van der Waals surface area contributed by atoms with E-state index in [0.29, 0.717) is 6.54 Å². The van der Waals surface area contributed by atoms with E-state index in [4.69, 9.17) is 0 Å². The lowest BCUT2D eigenvalue weighted by Crippen LogP contribution is -2.48. The number of piperazine rings is 1. The highest BCUT2D eigenvalue weighted by Crippen LogP contribution is 2.22. The molecule has 2 heterocycles. The maximum Gasteiger partial charge on any atom is 0.251 e. The van der Waals surface area contributed by atoms with Crippen molar-refractivity contribution in [3.8, 4) is 0 Å². The van der Waals surface area contributed by atoms with E-state index in [-0.39, 0.29) is 11.9 Å². The molecule has 0 aliphatic carbocycles. The molecule has 1 unspecified atom stereocenters. The van der Waals surface area contributed by atoms with Crippen LogP contribution in [0.1, 0.15) is 27.7 Å². The van der Waals surface area contributed by atoms with Gasteiger partial charge in [-0.2, -0.15) is 0 Å². The number of likely N-dealkylation sites (N-methyl/N-ethyl adjacent to an activating group) is 1. The van der Waals surface area contributed by atoms with Gasteiger partial charge in [-0.05, 0) is 38.2 Å². The van der Waals surface area contributed by atoms with Gasteiger partial charge in [0.2, 0.25) is 0 Å². The van der Waals surface area contributed by atoms with E-state index in [1.165, 1.54) is 5.69 Å². The monoisotopic (exact) mass is 340 g/mol. The molecule has 5 nitrogen and oxygen atoms in total. The molecule has 3 rings (SSSR count). The highest BCUT2D eigenvalue weighted by atomic mass is 16.1. The van der Waals surface area contributed by atoms with Crippen molar-refractivity contribution in [3.63, 3.8) is 0 Å². The number of benzene rings is 1. The van der Waals surface area contributed by atoms with Crippen molar-refractivity contribution in [2.24, 2.45) is 7.05 Å². The van der Waals surface area contributed by atoms with Crippen LogP contribution in [0.2, 0.25) is 0 Å². The fourth-order valence-corrected chi connectivity index (χ4v) is 3.45. The molecule has 1 aliphatic rings. The van der Waals surface area contributed by atoms with Crippen LogP contribution in [0, 0.1) is 6.92 Å². The third kappa shape index (κ3) is 4.30. The van der Waals surface area contributed by atoms with Gasteiger partial charge in [-0.1, -0.05) is 17.7 Å². The van der Waals surface area contributed by atoms with E-state index in [0.717, 1.165) is 37.3 Å². The standard InChI is InChI=1S/C20H28N4O/c1-16-6-4-7-17(14-16)20(25)21-15-19(18-8-5-9-23(18)3)24-12-10-22(2)11-13-24/h4-9,14,19H,10-13,15H2,1-3H3,(H,21,25). The van der Waals surface area contributed by atoms with Crippen LogP contribution in [0.15, 0.2) is 42.6 Å². The van der Waals surface area contributed by atoms with Gasteiger partial charge in [-0.25, -0.2) is 0 Å². The minimum absolute atomic E-state index is 0.00274. The number of nitrogens with zero attached hydrogens (tertiary/aromatic N) is 3. The predicted octanol–water partition coefficient (Wildman–Crippen LogP) is 2.05. The summed E-state index contributed by atoms with van der Waals surface area (Å²) in [5.41, 5.74) is 3.07. The van der Waals surface area contributed by atoms with E-state index >= 15 is 0 Å². The third-order valence-electron chi connectivity index (χ3n) is 5.04. The van der Waals surface area contributed by atoms with E-state index in [1.54, 1.807) is 0 Å². The molecule has 1 amide bonds. The van der Waals surface area contributed by atoms with Crippen molar-refractivity contribution >= 4 is 5.91 Å². The average molecular weight is 340 g/mol. The summed E-state index contributed by atoms with van der Waals surface area (Å²) < 4.78 is 2.15. The highest BCUT2D eigenvalue weighted by molar-refractivity contribution is 5.94. The van der Waals surface area contributed by atoms with Gasteiger partial charge in [0.05, 0.1) is 6.04 Å². The van der Waals surface area contributed by atoms with Crippen molar-refractivity contribution in [2.75, 3.05) is 39.8 Å². The van der Waals surface area contributed by atoms with Gasteiger partial charge in [-0.3, -0.25) is 9.69 Å². The van der Waals surface area contributed by atoms with Crippen LogP contribution < -0.4 is 5.32 Å². The second-order valence-electron chi connectivity index (χ2n) is 6.98. The zero-order valence-corrected chi connectivity index (χ0v) is 15.4. The molecule has 0 radical (unpaired) electrons. The van der Waals surface area contributed by atoms with Gasteiger partial charge in [0.25, 0.3) is 5.91 Å². The lowest BCUT2D eigenvalue weighted by molar-refractivity contribution is 0.0877. The minimum Gasteiger partial charge on any atom is -0.353 e. The number of aromatic nitrogens is 1. The molecule has 1 aromatic heterocycles. The largest absolute Gasteiger partial charge is 0.353 e. The van der Waals surface area contributed by atoms with Crippen molar-refractivity contribution in [2.45, 2.75) is 13.0 Å². The molecule has 1 aliphatic heterocycles. The Morgan fingerprint density at radius 3 is 2.52 bits per heavy atom. The Hall–Kier alpha value is -2.11. The molecule has 1 saturated heterocycles. The third-order valence-corrected chi connectivity index (χ3v) is 5.04. The summed E-state index contributed by atoms with van der Waals surface area (Å²) in [6.45, 7) is 6.79. The Labute approximate surface area is 150 Å². The maximum atomic E-state index is 12.5. The summed E-state index contributed by atoms with van der Waals surface area (Å²) in [6.07, 6.45) is 2.07. The Morgan fingerprint density at radius 1 is 1.12 bits per heavy atom. The van der Waals surface area contributed by atoms with E-state index in [2.05, 4.69) is 52.1 Å². The first kappa shape index (κ1) is 17.7. The van der Waals surface area contributed by atoms with Crippen molar-refractivity contribution in [1.29, 1.82) is 0 Å². The van der Waals surface area contributed by atoms with Gasteiger partial charge in [0.1, 0.15) is 0 Å². The number of hydrogen-bond acceptors (Lipinski definition) is 3. The molecule has 1 fully saturated rings. The van der Waals surface area contributed by atoms with Crippen molar-refractivity contribution in [1.82, 2.24) is 19.7 Å². The molecule has 1 aromatic carbocycles. The zero-order chi connectivity index (χ0) is 17.8. The van der Waals surface area contributed by atoms with E-state index in [9.17, 15) is 4.79 Å². The molecule has 134 valence electrons. The number of carbonyl (C=O) groups excluding carboxylic acids is 1. The number of hydrogen-bond donors (Lipinski definition) is 1. The molecule has 1 atom stereocenters. The molecule has 0 spiro atoms. The average Bonchev–Trinajstić information content (AvgIpc) is 3.02. The summed E-state index contributed by atoms with van der Waals surface area (Å²) in [4.78, 5) is 17.4. The first-order valence-electron chi connectivity index (χ1n) is 8.93. The quantitative estimate of drug-likeness (QED) is 0.906. The van der Waals surface area contributed by atoms with Gasteiger partial charge in [-0.15, -0.1) is 0 Å². The van der Waals surface area contributed by atoms with Crippen molar-refractivity contribution < 1.29 is 4.79 Å². The Balaban J connectivity index is 1.72. The molecular formula is C20H28N4O. The van der Waals surface area contributed by atoms with Gasteiger partial charge >= 0.3 is 0 Å². The fourth-order valence-electron chi connectivity index (χ4n) is 3.45. The molecule has 0 bridgehead atoms. The van der Waals surface area contributed by atoms with E-state index in [1.807, 2.05) is 31.2 Å². The highest BCUT2D eigenvalue weighted by Gasteiger charge is 2.26. The Morgan fingerprint density at radius 2 is 1.88 bits per heavy atom. The Bertz CT molecular complexity index is 716. The smallest absolute Gasteiger partial charge is 0.251 e. The van der Waals surface area contributed by atoms with E-state index < -0.39 is 0 Å². The SMILES string of the molecule is Cc1cccc(C(=O)NCC(c2cccn2C)N2CCN(C)CC2)c1. The second kappa shape index (κ2) is 7.85. The fraction of sp³-hybridized carbons (Fsp3) is 0.450. The predicted molar refractivity (Wildman–Crippen MR) is 101 cm³/mol. The van der Waals surface area contributed by atoms with Crippen LogP contribution in [0.3, 0.4) is 0 Å². The molecule has 0 saturated carbocycles. The molecule has 5 heteroatoms. The molecule has 25 heavy (non-hydrogen) atoms. The van der Waals surface area contributed by atoms with Crippen molar-refractivity contribution in [3.05, 3.63) is 59.4 Å². The normalized spacial score (nSPS) is 17.4. The summed E-state index contributed by atoms with van der Waals surface area (Å²) in [6, 6.07) is 12.2. The summed E-state index contributed by atoms with van der Waals surface area (Å²) in [5.74, 6) is -0.00274. The van der Waals surface area contributed by atoms with Crippen LogP contribution in [0.5, 0.6) is 0 Å². The van der Waals surface area contributed by atoms with Gasteiger partial charge in [0, 0.05) is 57.2 Å². The number of nitrogens with one attached hydrogen (secondary N) is 1. The summed E-state index contributed by atoms with van der Waals surface area (Å²) in [7, 11) is 4.23. The van der Waals surface area contributed by atoms with Crippen LogP contribution in [-0.4, -0.2) is 60.0 Å². The number of amides is 1. The minimum atomic E-state index is -0.00274. The summed E-state index contributed by atoms with van der Waals surface area (Å²) >= 11 is 0. The second-order valence-corrected chi connectivity index (χ2v) is 6.98. The lowest BCUT2D eigenvalue weighted by atomic mass is 10.1. The number of carbonyl (C=O) groups is 1.